The zero-order chi connectivity index (χ0) is 17.9. The molecule has 0 unspecified atom stereocenters. The van der Waals surface area contributed by atoms with E-state index in [4.69, 9.17) is 24.3 Å². The average molecular weight is 339 g/mol. The fourth-order valence-electron chi connectivity index (χ4n) is 2.26. The second-order valence-electron chi connectivity index (χ2n) is 5.57. The number of unbranched alkanes of at least 4 members (excludes halogenated alkanes) is 2. The number of carboxylic acids is 2. The highest BCUT2D eigenvalue weighted by Crippen LogP contribution is 2.26. The van der Waals surface area contributed by atoms with Crippen LogP contribution < -0.4 is 5.32 Å². The van der Waals surface area contributed by atoms with E-state index in [2.05, 4.69) is 35.4 Å². The van der Waals surface area contributed by atoms with Crippen molar-refractivity contribution in [1.82, 2.24) is 10.1 Å². The van der Waals surface area contributed by atoms with Crippen molar-refractivity contribution in [1.29, 1.82) is 0 Å². The SMILES string of the molecule is CCCCCNc1oncc1C1=CCCN(C)C1.O=C(O)C(=O)O. The third-order valence-corrected chi connectivity index (χ3v) is 3.51. The average Bonchev–Trinajstić information content (AvgIpc) is 3.00. The Morgan fingerprint density at radius 1 is 1.33 bits per heavy atom. The molecule has 0 aromatic carbocycles. The van der Waals surface area contributed by atoms with Gasteiger partial charge in [-0.25, -0.2) is 9.59 Å². The van der Waals surface area contributed by atoms with E-state index in [0.717, 1.165) is 37.5 Å². The number of anilines is 1. The summed E-state index contributed by atoms with van der Waals surface area (Å²) >= 11 is 0. The lowest BCUT2D eigenvalue weighted by atomic mass is 10.0. The van der Waals surface area contributed by atoms with Gasteiger partial charge in [0.2, 0.25) is 5.88 Å². The third-order valence-electron chi connectivity index (χ3n) is 3.51. The Morgan fingerprint density at radius 3 is 2.62 bits per heavy atom. The predicted octanol–water partition coefficient (Wildman–Crippen LogP) is 2.15. The molecular weight excluding hydrogens is 314 g/mol. The molecule has 24 heavy (non-hydrogen) atoms. The van der Waals surface area contributed by atoms with Crippen LogP contribution in [-0.4, -0.2) is 58.9 Å². The summed E-state index contributed by atoms with van der Waals surface area (Å²) in [6.45, 7) is 5.28. The van der Waals surface area contributed by atoms with Crippen LogP contribution in [0.4, 0.5) is 5.88 Å². The molecule has 0 atom stereocenters. The molecule has 1 aliphatic heterocycles. The van der Waals surface area contributed by atoms with Crippen molar-refractivity contribution in [2.24, 2.45) is 0 Å². The minimum atomic E-state index is -1.82. The van der Waals surface area contributed by atoms with Crippen molar-refractivity contribution in [2.45, 2.75) is 32.6 Å². The summed E-state index contributed by atoms with van der Waals surface area (Å²) in [5.41, 5.74) is 2.45. The molecule has 2 rings (SSSR count). The van der Waals surface area contributed by atoms with Crippen LogP contribution in [-0.2, 0) is 9.59 Å². The van der Waals surface area contributed by atoms with Crippen LogP contribution in [0.5, 0.6) is 0 Å². The van der Waals surface area contributed by atoms with E-state index in [1.807, 2.05) is 6.20 Å². The Kier molecular flexibility index (Phi) is 8.56. The van der Waals surface area contributed by atoms with Crippen molar-refractivity contribution in [3.05, 3.63) is 17.8 Å². The number of hydrogen-bond acceptors (Lipinski definition) is 6. The molecule has 0 spiro atoms. The molecule has 0 aliphatic carbocycles. The molecular formula is C16H25N3O5. The predicted molar refractivity (Wildman–Crippen MR) is 89.9 cm³/mol. The number of likely N-dealkylation sites (N-methyl/N-ethyl adjacent to an activating group) is 1. The van der Waals surface area contributed by atoms with E-state index in [9.17, 15) is 0 Å². The van der Waals surface area contributed by atoms with E-state index in [1.54, 1.807) is 0 Å². The molecule has 0 amide bonds. The fraction of sp³-hybridized carbons (Fsp3) is 0.562. The van der Waals surface area contributed by atoms with Gasteiger partial charge in [0.05, 0.1) is 11.8 Å². The maximum absolute atomic E-state index is 9.10. The van der Waals surface area contributed by atoms with E-state index < -0.39 is 11.9 Å². The molecule has 0 fully saturated rings. The Morgan fingerprint density at radius 2 is 2.04 bits per heavy atom. The number of nitrogens with zero attached hydrogens (tertiary/aromatic N) is 2. The van der Waals surface area contributed by atoms with Crippen LogP contribution in [0.1, 0.15) is 38.2 Å². The lowest BCUT2D eigenvalue weighted by molar-refractivity contribution is -0.159. The molecule has 134 valence electrons. The maximum atomic E-state index is 9.10. The van der Waals surface area contributed by atoms with E-state index in [1.165, 1.54) is 24.8 Å². The molecule has 3 N–H and O–H groups in total. The second kappa shape index (κ2) is 10.4. The van der Waals surface area contributed by atoms with Crippen molar-refractivity contribution < 1.29 is 24.3 Å². The van der Waals surface area contributed by atoms with Gasteiger partial charge in [-0.15, -0.1) is 0 Å². The number of rotatable bonds is 6. The van der Waals surface area contributed by atoms with Gasteiger partial charge in [-0.05, 0) is 25.5 Å². The highest BCUT2D eigenvalue weighted by molar-refractivity contribution is 6.27. The maximum Gasteiger partial charge on any atom is 0.414 e. The topological polar surface area (TPSA) is 116 Å². The number of carbonyl (C=O) groups is 2. The number of aliphatic carboxylic acids is 2. The quantitative estimate of drug-likeness (QED) is 0.533. The van der Waals surface area contributed by atoms with Crippen LogP contribution in [0.25, 0.3) is 5.57 Å². The van der Waals surface area contributed by atoms with Gasteiger partial charge in [-0.1, -0.05) is 31.0 Å². The molecule has 0 saturated carbocycles. The first-order valence-electron chi connectivity index (χ1n) is 7.98. The highest BCUT2D eigenvalue weighted by atomic mass is 16.5. The first-order valence-corrected chi connectivity index (χ1v) is 7.98. The minimum absolute atomic E-state index is 0.827. The largest absolute Gasteiger partial charge is 0.473 e. The Hall–Kier alpha value is -2.35. The number of nitrogens with one attached hydrogen (secondary N) is 1. The molecule has 0 saturated heterocycles. The smallest absolute Gasteiger partial charge is 0.414 e. The van der Waals surface area contributed by atoms with E-state index in [-0.39, 0.29) is 0 Å². The number of carboxylic acid groups (broad SMARTS) is 2. The van der Waals surface area contributed by atoms with Crippen LogP contribution in [0.15, 0.2) is 16.8 Å². The summed E-state index contributed by atoms with van der Waals surface area (Å²) in [4.78, 5) is 20.5. The highest BCUT2D eigenvalue weighted by Gasteiger charge is 2.16. The number of hydrogen-bond donors (Lipinski definition) is 3. The van der Waals surface area contributed by atoms with Gasteiger partial charge in [0.1, 0.15) is 0 Å². The zero-order valence-electron chi connectivity index (χ0n) is 14.1. The second-order valence-corrected chi connectivity index (χ2v) is 5.57. The normalized spacial score (nSPS) is 14.3. The standard InChI is InChI=1S/C14H23N3O.C2H2O4/c1-3-4-5-8-15-14-13(10-16-18-14)12-7-6-9-17(2)11-12;3-1(4)2(5)6/h7,10,15H,3-6,8-9,11H2,1-2H3;(H,3,4)(H,5,6). The van der Waals surface area contributed by atoms with Crippen molar-refractivity contribution in [3.8, 4) is 0 Å². The first-order chi connectivity index (χ1) is 11.5. The van der Waals surface area contributed by atoms with Crippen LogP contribution >= 0.6 is 0 Å². The molecule has 0 bridgehead atoms. The van der Waals surface area contributed by atoms with Crippen LogP contribution in [0, 0.1) is 0 Å². The van der Waals surface area contributed by atoms with Gasteiger partial charge in [0, 0.05) is 19.6 Å². The van der Waals surface area contributed by atoms with E-state index >= 15 is 0 Å². The van der Waals surface area contributed by atoms with Gasteiger partial charge >= 0.3 is 11.9 Å². The van der Waals surface area contributed by atoms with Gasteiger partial charge in [-0.2, -0.15) is 0 Å². The summed E-state index contributed by atoms with van der Waals surface area (Å²) < 4.78 is 5.31. The summed E-state index contributed by atoms with van der Waals surface area (Å²) in [5.74, 6) is -2.82. The van der Waals surface area contributed by atoms with Gasteiger partial charge in [0.25, 0.3) is 0 Å². The Labute approximate surface area is 141 Å². The third kappa shape index (κ3) is 6.82. The molecule has 8 nitrogen and oxygen atoms in total. The lowest BCUT2D eigenvalue weighted by Gasteiger charge is -2.22. The van der Waals surface area contributed by atoms with Crippen molar-refractivity contribution >= 4 is 23.4 Å². The van der Waals surface area contributed by atoms with E-state index in [0.29, 0.717) is 0 Å². The number of aromatic nitrogens is 1. The first kappa shape index (κ1) is 19.7. The summed E-state index contributed by atoms with van der Waals surface area (Å²) in [6.07, 6.45) is 8.89. The molecule has 1 aromatic heterocycles. The molecule has 1 aliphatic rings. The fourth-order valence-corrected chi connectivity index (χ4v) is 2.26. The molecule has 8 heteroatoms. The Balaban J connectivity index is 0.000000413. The summed E-state index contributed by atoms with van der Waals surface area (Å²) in [6, 6.07) is 0. The molecule has 0 radical (unpaired) electrons. The minimum Gasteiger partial charge on any atom is -0.473 e. The van der Waals surface area contributed by atoms with Crippen molar-refractivity contribution in [3.63, 3.8) is 0 Å². The van der Waals surface area contributed by atoms with Crippen LogP contribution in [0.3, 0.4) is 0 Å². The van der Waals surface area contributed by atoms with Gasteiger partial charge in [-0.3, -0.25) is 0 Å². The lowest BCUT2D eigenvalue weighted by Crippen LogP contribution is -2.25. The van der Waals surface area contributed by atoms with Crippen LogP contribution in [0.2, 0.25) is 0 Å². The summed E-state index contributed by atoms with van der Waals surface area (Å²) in [5, 5.41) is 22.1. The Bertz CT molecular complexity index is 556. The summed E-state index contributed by atoms with van der Waals surface area (Å²) in [7, 11) is 2.15. The zero-order valence-corrected chi connectivity index (χ0v) is 14.1. The molecule has 1 aromatic rings. The monoisotopic (exact) mass is 339 g/mol. The molecule has 2 heterocycles. The van der Waals surface area contributed by atoms with Crippen molar-refractivity contribution in [2.75, 3.05) is 32.0 Å². The van der Waals surface area contributed by atoms with Gasteiger partial charge in [0.15, 0.2) is 0 Å². The van der Waals surface area contributed by atoms with Gasteiger partial charge < -0.3 is 25.0 Å².